The predicted octanol–water partition coefficient (Wildman–Crippen LogP) is 2.63. The van der Waals surface area contributed by atoms with E-state index in [-0.39, 0.29) is 17.9 Å². The van der Waals surface area contributed by atoms with Gasteiger partial charge in [0.25, 0.3) is 0 Å². The highest BCUT2D eigenvalue weighted by atomic mass is 16.6. The van der Waals surface area contributed by atoms with E-state index in [0.29, 0.717) is 19.7 Å². The van der Waals surface area contributed by atoms with Gasteiger partial charge >= 0.3 is 6.09 Å². The monoisotopic (exact) mass is 341 g/mol. The molecule has 25 heavy (non-hydrogen) atoms. The minimum Gasteiger partial charge on any atom is -0.506 e. The molecule has 0 bridgehead atoms. The number of amides is 1. The summed E-state index contributed by atoms with van der Waals surface area (Å²) in [5.74, 6) is 0.170. The van der Waals surface area contributed by atoms with Crippen molar-refractivity contribution in [3.63, 3.8) is 0 Å². The molecule has 1 aromatic heterocycles. The fourth-order valence-corrected chi connectivity index (χ4v) is 2.99. The van der Waals surface area contributed by atoms with Crippen molar-refractivity contribution in [2.45, 2.75) is 26.1 Å². The summed E-state index contributed by atoms with van der Waals surface area (Å²) in [4.78, 5) is 20.6. The van der Waals surface area contributed by atoms with E-state index in [0.717, 1.165) is 24.3 Å². The lowest BCUT2D eigenvalue weighted by Crippen LogP contribution is -2.53. The van der Waals surface area contributed by atoms with Crippen molar-refractivity contribution in [1.82, 2.24) is 14.8 Å². The van der Waals surface area contributed by atoms with Crippen LogP contribution in [-0.4, -0.2) is 51.7 Å². The van der Waals surface area contributed by atoms with E-state index in [4.69, 9.17) is 4.74 Å². The molecule has 1 aromatic carbocycles. The van der Waals surface area contributed by atoms with Crippen LogP contribution < -0.4 is 0 Å². The van der Waals surface area contributed by atoms with Crippen molar-refractivity contribution in [3.8, 4) is 5.75 Å². The smallest absolute Gasteiger partial charge is 0.410 e. The van der Waals surface area contributed by atoms with Crippen LogP contribution in [0.5, 0.6) is 5.75 Å². The summed E-state index contributed by atoms with van der Waals surface area (Å²) in [6, 6.07) is 13.2. The molecular formula is C19H23N3O3. The largest absolute Gasteiger partial charge is 0.506 e. The highest BCUT2D eigenvalue weighted by Crippen LogP contribution is 2.15. The third kappa shape index (κ3) is 4.70. The van der Waals surface area contributed by atoms with Gasteiger partial charge in [-0.1, -0.05) is 30.3 Å². The topological polar surface area (TPSA) is 65.9 Å². The second-order valence-corrected chi connectivity index (χ2v) is 6.33. The Morgan fingerprint density at radius 2 is 2.04 bits per heavy atom. The first kappa shape index (κ1) is 17.2. The van der Waals surface area contributed by atoms with Crippen LogP contribution in [0, 0.1) is 0 Å². The number of hydrogen-bond donors (Lipinski definition) is 1. The number of hydrogen-bond acceptors (Lipinski definition) is 5. The number of pyridine rings is 1. The van der Waals surface area contributed by atoms with E-state index in [2.05, 4.69) is 9.88 Å². The molecule has 3 rings (SSSR count). The Morgan fingerprint density at radius 1 is 1.24 bits per heavy atom. The lowest BCUT2D eigenvalue weighted by molar-refractivity contribution is 0.0455. The Bertz CT molecular complexity index is 691. The van der Waals surface area contributed by atoms with Gasteiger partial charge in [-0.2, -0.15) is 0 Å². The van der Waals surface area contributed by atoms with E-state index >= 15 is 0 Å². The minimum atomic E-state index is -0.265. The van der Waals surface area contributed by atoms with E-state index < -0.39 is 0 Å². The molecule has 0 aliphatic carbocycles. The first-order valence-corrected chi connectivity index (χ1v) is 8.45. The van der Waals surface area contributed by atoms with Crippen molar-refractivity contribution in [2.24, 2.45) is 0 Å². The first-order chi connectivity index (χ1) is 12.1. The van der Waals surface area contributed by atoms with Crippen LogP contribution in [-0.2, 0) is 17.9 Å². The molecule has 6 nitrogen and oxygen atoms in total. The molecule has 2 aromatic rings. The zero-order valence-electron chi connectivity index (χ0n) is 14.3. The maximum absolute atomic E-state index is 12.3. The van der Waals surface area contributed by atoms with Crippen LogP contribution in [0.1, 0.15) is 18.2 Å². The van der Waals surface area contributed by atoms with Crippen LogP contribution in [0.3, 0.4) is 0 Å². The SMILES string of the molecule is C[C@@H]1CN(Cc2ccc(O)cn2)CCN1C(=O)OCc1ccccc1. The van der Waals surface area contributed by atoms with E-state index in [1.165, 1.54) is 6.20 Å². The highest BCUT2D eigenvalue weighted by Gasteiger charge is 2.28. The molecule has 1 amide bonds. The molecule has 0 saturated carbocycles. The van der Waals surface area contributed by atoms with Crippen LogP contribution >= 0.6 is 0 Å². The quantitative estimate of drug-likeness (QED) is 0.926. The number of carbonyl (C=O) groups is 1. The number of rotatable bonds is 4. The van der Waals surface area contributed by atoms with Gasteiger partial charge in [0.05, 0.1) is 11.9 Å². The molecule has 0 spiro atoms. The van der Waals surface area contributed by atoms with Crippen LogP contribution in [0.4, 0.5) is 4.79 Å². The molecule has 1 fully saturated rings. The Kier molecular flexibility index (Phi) is 5.50. The molecule has 0 radical (unpaired) electrons. The van der Waals surface area contributed by atoms with Gasteiger partial charge in [0, 0.05) is 32.2 Å². The molecule has 1 aliphatic heterocycles. The minimum absolute atomic E-state index is 0.0779. The summed E-state index contributed by atoms with van der Waals surface area (Å²) in [6.45, 7) is 5.20. The van der Waals surface area contributed by atoms with Crippen LogP contribution in [0.2, 0.25) is 0 Å². The molecule has 1 aliphatic rings. The predicted molar refractivity (Wildman–Crippen MR) is 94.0 cm³/mol. The average molecular weight is 341 g/mol. The maximum atomic E-state index is 12.3. The van der Waals surface area contributed by atoms with Crippen LogP contribution in [0.25, 0.3) is 0 Å². The van der Waals surface area contributed by atoms with Gasteiger partial charge < -0.3 is 14.7 Å². The van der Waals surface area contributed by atoms with Gasteiger partial charge in [-0.05, 0) is 24.6 Å². The Labute approximate surface area is 147 Å². The number of nitrogens with zero attached hydrogens (tertiary/aromatic N) is 3. The van der Waals surface area contributed by atoms with Gasteiger partial charge in [0.1, 0.15) is 12.4 Å². The lowest BCUT2D eigenvalue weighted by atomic mass is 10.2. The van der Waals surface area contributed by atoms with Crippen molar-refractivity contribution in [3.05, 3.63) is 59.9 Å². The fourth-order valence-electron chi connectivity index (χ4n) is 2.99. The third-order valence-corrected chi connectivity index (χ3v) is 4.35. The molecule has 0 unspecified atom stereocenters. The van der Waals surface area contributed by atoms with Crippen LogP contribution in [0.15, 0.2) is 48.7 Å². The third-order valence-electron chi connectivity index (χ3n) is 4.35. The summed E-state index contributed by atoms with van der Waals surface area (Å²) >= 11 is 0. The highest BCUT2D eigenvalue weighted by molar-refractivity contribution is 5.68. The Morgan fingerprint density at radius 3 is 2.72 bits per heavy atom. The van der Waals surface area contributed by atoms with Gasteiger partial charge in [0.2, 0.25) is 0 Å². The number of carbonyl (C=O) groups excluding carboxylic acids is 1. The summed E-state index contributed by atoms with van der Waals surface area (Å²) in [5.41, 5.74) is 1.89. The Balaban J connectivity index is 1.49. The Hall–Kier alpha value is -2.60. The van der Waals surface area contributed by atoms with Crippen molar-refractivity contribution >= 4 is 6.09 Å². The molecular weight excluding hydrogens is 318 g/mol. The van der Waals surface area contributed by atoms with Crippen molar-refractivity contribution < 1.29 is 14.6 Å². The van der Waals surface area contributed by atoms with Gasteiger partial charge in [-0.25, -0.2) is 4.79 Å². The molecule has 1 atom stereocenters. The molecule has 1 N–H and O–H groups in total. The lowest BCUT2D eigenvalue weighted by Gasteiger charge is -2.39. The standard InChI is InChI=1S/C19H23N3O3/c1-15-12-21(13-17-7-8-18(23)11-20-17)9-10-22(15)19(24)25-14-16-5-3-2-4-6-16/h2-8,11,15,23H,9-10,12-14H2,1H3/t15-/m1/s1. The first-order valence-electron chi connectivity index (χ1n) is 8.45. The summed E-state index contributed by atoms with van der Waals surface area (Å²) in [7, 11) is 0. The van der Waals surface area contributed by atoms with E-state index in [1.54, 1.807) is 11.0 Å². The van der Waals surface area contributed by atoms with Gasteiger partial charge in [0.15, 0.2) is 0 Å². The maximum Gasteiger partial charge on any atom is 0.410 e. The summed E-state index contributed by atoms with van der Waals surface area (Å²) < 4.78 is 5.43. The molecule has 132 valence electrons. The average Bonchev–Trinajstić information content (AvgIpc) is 2.63. The number of piperazine rings is 1. The molecule has 2 heterocycles. The number of aromatic hydroxyl groups is 1. The van der Waals surface area contributed by atoms with E-state index in [9.17, 15) is 9.90 Å². The van der Waals surface area contributed by atoms with Gasteiger partial charge in [-0.3, -0.25) is 9.88 Å². The number of benzene rings is 1. The summed E-state index contributed by atoms with van der Waals surface area (Å²) in [6.07, 6.45) is 1.19. The van der Waals surface area contributed by atoms with Crippen molar-refractivity contribution in [2.75, 3.05) is 19.6 Å². The zero-order chi connectivity index (χ0) is 17.6. The van der Waals surface area contributed by atoms with Crippen molar-refractivity contribution in [1.29, 1.82) is 0 Å². The fraction of sp³-hybridized carbons (Fsp3) is 0.368. The number of ether oxygens (including phenoxy) is 1. The molecule has 1 saturated heterocycles. The van der Waals surface area contributed by atoms with Gasteiger partial charge in [-0.15, -0.1) is 0 Å². The summed E-state index contributed by atoms with van der Waals surface area (Å²) in [5, 5.41) is 9.30. The normalized spacial score (nSPS) is 18.1. The van der Waals surface area contributed by atoms with E-state index in [1.807, 2.05) is 43.3 Å². The second-order valence-electron chi connectivity index (χ2n) is 6.33. The number of aromatic nitrogens is 1. The zero-order valence-corrected chi connectivity index (χ0v) is 14.3. The molecule has 6 heteroatoms. The second kappa shape index (κ2) is 7.98.